The summed E-state index contributed by atoms with van der Waals surface area (Å²) in [7, 11) is 4.08. The lowest BCUT2D eigenvalue weighted by atomic mass is 9.85. The van der Waals surface area contributed by atoms with Crippen molar-refractivity contribution in [2.75, 3.05) is 33.2 Å². The Balaban J connectivity index is 1.95. The third kappa shape index (κ3) is 2.88. The Morgan fingerprint density at radius 1 is 1.28 bits per heavy atom. The van der Waals surface area contributed by atoms with Gasteiger partial charge in [-0.1, -0.05) is 11.6 Å². The number of halogens is 2. The van der Waals surface area contributed by atoms with Gasteiger partial charge in [0.05, 0.1) is 16.1 Å². The number of carbonyl (C=O) groups is 1. The van der Waals surface area contributed by atoms with Gasteiger partial charge >= 0.3 is 0 Å². The van der Waals surface area contributed by atoms with Crippen molar-refractivity contribution in [1.82, 2.24) is 19.6 Å². The minimum Gasteiger partial charge on any atom is -0.338 e. The summed E-state index contributed by atoms with van der Waals surface area (Å²) in [5.74, 6) is 0.362. The number of fused-ring (bicyclic) bond motifs is 1. The lowest BCUT2D eigenvalue weighted by Crippen LogP contribution is -2.43. The predicted molar refractivity (Wildman–Crippen MR) is 103 cm³/mol. The van der Waals surface area contributed by atoms with Gasteiger partial charge in [-0.3, -0.25) is 9.48 Å². The molecule has 0 bridgehead atoms. The van der Waals surface area contributed by atoms with Gasteiger partial charge in [-0.15, -0.1) is 0 Å². The quantitative estimate of drug-likeness (QED) is 0.737. The maximum atomic E-state index is 13.1. The van der Waals surface area contributed by atoms with E-state index < -0.39 is 0 Å². The summed E-state index contributed by atoms with van der Waals surface area (Å²) < 4.78 is 2.66. The number of nitrogens with zero attached hydrogens (tertiary/aromatic N) is 4. The van der Waals surface area contributed by atoms with Crippen LogP contribution in [0, 0.1) is 0 Å². The van der Waals surface area contributed by atoms with Crippen molar-refractivity contribution in [2.24, 2.45) is 7.05 Å². The number of hydrogen-bond acceptors (Lipinski definition) is 3. The molecular weight excluding hydrogens is 404 g/mol. The van der Waals surface area contributed by atoms with Crippen LogP contribution >= 0.6 is 27.5 Å². The van der Waals surface area contributed by atoms with Gasteiger partial charge in [-0.2, -0.15) is 5.10 Å². The SMILES string of the molecule is CN1CCCC(c2c(C(=O)N3CCC3)c(Cl)cc3c(Br)nn(C)c23)C1. The Bertz CT molecular complexity index is 845. The highest BCUT2D eigenvalue weighted by Crippen LogP contribution is 2.40. The van der Waals surface area contributed by atoms with Crippen LogP contribution in [0.5, 0.6) is 0 Å². The predicted octanol–water partition coefficient (Wildman–Crippen LogP) is 3.64. The highest BCUT2D eigenvalue weighted by molar-refractivity contribution is 9.10. The van der Waals surface area contributed by atoms with Crippen LogP contribution in [-0.2, 0) is 7.05 Å². The van der Waals surface area contributed by atoms with Crippen LogP contribution in [0.25, 0.3) is 10.9 Å². The third-order valence-electron chi connectivity index (χ3n) is 5.46. The van der Waals surface area contributed by atoms with E-state index in [-0.39, 0.29) is 5.91 Å². The highest BCUT2D eigenvalue weighted by atomic mass is 79.9. The second kappa shape index (κ2) is 6.56. The van der Waals surface area contributed by atoms with E-state index in [0.717, 1.165) is 66.5 Å². The largest absolute Gasteiger partial charge is 0.338 e. The van der Waals surface area contributed by atoms with Crippen molar-refractivity contribution in [2.45, 2.75) is 25.2 Å². The molecule has 0 radical (unpaired) electrons. The fraction of sp³-hybridized carbons (Fsp3) is 0.556. The number of likely N-dealkylation sites (tertiary alicyclic amines) is 2. The van der Waals surface area contributed by atoms with E-state index >= 15 is 0 Å². The summed E-state index contributed by atoms with van der Waals surface area (Å²) in [6.45, 7) is 3.70. The molecule has 2 aliphatic heterocycles. The molecular formula is C18H22BrClN4O. The number of carbonyl (C=O) groups excluding carboxylic acids is 1. The Morgan fingerprint density at radius 2 is 2.04 bits per heavy atom. The smallest absolute Gasteiger partial charge is 0.255 e. The molecule has 1 aromatic carbocycles. The topological polar surface area (TPSA) is 41.4 Å². The van der Waals surface area contributed by atoms with Gasteiger partial charge in [0.1, 0.15) is 4.60 Å². The molecule has 2 aliphatic rings. The molecule has 0 aliphatic carbocycles. The monoisotopic (exact) mass is 424 g/mol. The van der Waals surface area contributed by atoms with Crippen LogP contribution in [0.1, 0.15) is 41.1 Å². The summed E-state index contributed by atoms with van der Waals surface area (Å²) in [5, 5.41) is 6.05. The summed E-state index contributed by atoms with van der Waals surface area (Å²) in [4.78, 5) is 17.4. The van der Waals surface area contributed by atoms with Crippen molar-refractivity contribution in [3.05, 3.63) is 26.8 Å². The molecule has 3 heterocycles. The first-order valence-electron chi connectivity index (χ1n) is 8.79. The number of amides is 1. The lowest BCUT2D eigenvalue weighted by Gasteiger charge is -2.35. The molecule has 1 amide bonds. The van der Waals surface area contributed by atoms with E-state index in [1.165, 1.54) is 0 Å². The normalized spacial score (nSPS) is 21.6. The maximum absolute atomic E-state index is 13.1. The van der Waals surface area contributed by atoms with E-state index in [9.17, 15) is 4.79 Å². The molecule has 2 fully saturated rings. The number of aryl methyl sites for hydroxylation is 1. The molecule has 5 nitrogen and oxygen atoms in total. The molecule has 2 saturated heterocycles. The molecule has 1 aromatic heterocycles. The van der Waals surface area contributed by atoms with E-state index in [2.05, 4.69) is 33.0 Å². The number of aromatic nitrogens is 2. The minimum absolute atomic E-state index is 0.0682. The summed E-state index contributed by atoms with van der Waals surface area (Å²) >= 11 is 10.2. The fourth-order valence-electron chi connectivity index (χ4n) is 4.10. The average Bonchev–Trinajstić information content (AvgIpc) is 2.78. The molecule has 0 N–H and O–H groups in total. The first-order valence-corrected chi connectivity index (χ1v) is 9.97. The highest BCUT2D eigenvalue weighted by Gasteiger charge is 2.33. The van der Waals surface area contributed by atoms with Gasteiger partial charge in [0.2, 0.25) is 0 Å². The van der Waals surface area contributed by atoms with E-state index in [4.69, 9.17) is 11.6 Å². The van der Waals surface area contributed by atoms with Gasteiger partial charge in [0, 0.05) is 32.1 Å². The van der Waals surface area contributed by atoms with Crippen molar-refractivity contribution >= 4 is 44.3 Å². The molecule has 2 aromatic rings. The van der Waals surface area contributed by atoms with Gasteiger partial charge in [0.25, 0.3) is 5.91 Å². The zero-order chi connectivity index (χ0) is 17.7. The summed E-state index contributed by atoms with van der Waals surface area (Å²) in [6.07, 6.45) is 3.28. The maximum Gasteiger partial charge on any atom is 0.255 e. The summed E-state index contributed by atoms with van der Waals surface area (Å²) in [6, 6.07) is 1.89. The van der Waals surface area contributed by atoms with Crippen LogP contribution in [0.4, 0.5) is 0 Å². The summed E-state index contributed by atoms with van der Waals surface area (Å²) in [5.41, 5.74) is 2.79. The fourth-order valence-corrected chi connectivity index (χ4v) is 4.93. The minimum atomic E-state index is 0.0682. The van der Waals surface area contributed by atoms with Gasteiger partial charge < -0.3 is 9.80 Å². The number of rotatable bonds is 2. The van der Waals surface area contributed by atoms with Crippen LogP contribution < -0.4 is 0 Å². The molecule has 4 rings (SSSR count). The average molecular weight is 426 g/mol. The Hall–Kier alpha value is -1.11. The van der Waals surface area contributed by atoms with Crippen LogP contribution in [0.15, 0.2) is 10.7 Å². The first kappa shape index (κ1) is 17.3. The Labute approximate surface area is 161 Å². The van der Waals surface area contributed by atoms with Crippen molar-refractivity contribution in [3.63, 3.8) is 0 Å². The van der Waals surface area contributed by atoms with Crippen molar-refractivity contribution < 1.29 is 4.79 Å². The zero-order valence-corrected chi connectivity index (χ0v) is 16.9. The van der Waals surface area contributed by atoms with Gasteiger partial charge in [-0.05, 0) is 66.3 Å². The van der Waals surface area contributed by atoms with E-state index in [1.54, 1.807) is 0 Å². The number of hydrogen-bond donors (Lipinski definition) is 0. The second-order valence-corrected chi connectivity index (χ2v) is 8.36. The van der Waals surface area contributed by atoms with Gasteiger partial charge in [0.15, 0.2) is 0 Å². The van der Waals surface area contributed by atoms with Crippen LogP contribution in [0.3, 0.4) is 0 Å². The standard InChI is InChI=1S/C18H22BrClN4O/c1-22-6-3-5-11(10-22)14-15(18(25)24-7-4-8-24)13(20)9-12-16(14)23(2)21-17(12)19/h9,11H,3-8,10H2,1-2H3. The molecule has 0 saturated carbocycles. The molecule has 25 heavy (non-hydrogen) atoms. The molecule has 7 heteroatoms. The second-order valence-electron chi connectivity index (χ2n) is 7.20. The molecule has 1 unspecified atom stereocenters. The molecule has 134 valence electrons. The zero-order valence-electron chi connectivity index (χ0n) is 14.6. The van der Waals surface area contributed by atoms with Crippen molar-refractivity contribution in [1.29, 1.82) is 0 Å². The van der Waals surface area contributed by atoms with Crippen molar-refractivity contribution in [3.8, 4) is 0 Å². The van der Waals surface area contributed by atoms with Crippen LogP contribution in [-0.4, -0.2) is 58.7 Å². The van der Waals surface area contributed by atoms with Gasteiger partial charge in [-0.25, -0.2) is 0 Å². The molecule has 0 spiro atoms. The van der Waals surface area contributed by atoms with E-state index in [0.29, 0.717) is 16.5 Å². The third-order valence-corrected chi connectivity index (χ3v) is 6.35. The Kier molecular flexibility index (Phi) is 4.54. The number of benzene rings is 1. The van der Waals surface area contributed by atoms with Crippen LogP contribution in [0.2, 0.25) is 5.02 Å². The molecule has 1 atom stereocenters. The Morgan fingerprint density at radius 3 is 2.68 bits per heavy atom. The lowest BCUT2D eigenvalue weighted by molar-refractivity contribution is 0.0649. The number of likely N-dealkylation sites (N-methyl/N-ethyl adjacent to an activating group) is 1. The first-order chi connectivity index (χ1) is 12.0. The number of piperidine rings is 1. The van der Waals surface area contributed by atoms with E-state index in [1.807, 2.05) is 22.7 Å².